The molecule has 15 heavy (non-hydrogen) atoms. The highest BCUT2D eigenvalue weighted by Gasteiger charge is 2.46. The van der Waals surface area contributed by atoms with Gasteiger partial charge in [-0.3, -0.25) is 4.79 Å². The average Bonchev–Trinajstić information content (AvgIpc) is 2.17. The molecule has 1 atom stereocenters. The van der Waals surface area contributed by atoms with Gasteiger partial charge >= 0.3 is 5.97 Å². The first-order chi connectivity index (χ1) is 7.29. The predicted octanol–water partition coefficient (Wildman–Crippen LogP) is 3.03. The molecule has 0 aromatic carbocycles. The minimum absolute atomic E-state index is 0.0507. The fraction of sp³-hybridized carbons (Fsp3) is 0.583. The number of hydrogen-bond acceptors (Lipinski definition) is 2. The van der Waals surface area contributed by atoms with Crippen LogP contribution in [-0.2, 0) is 9.53 Å². The second-order valence-electron chi connectivity index (χ2n) is 4.20. The van der Waals surface area contributed by atoms with Gasteiger partial charge in [-0.2, -0.15) is 0 Å². The zero-order chi connectivity index (χ0) is 10.7. The fourth-order valence-corrected chi connectivity index (χ4v) is 2.46. The Morgan fingerprint density at radius 1 is 1.47 bits per heavy atom. The monoisotopic (exact) mass is 226 g/mol. The number of hydrogen-bond donors (Lipinski definition) is 0. The van der Waals surface area contributed by atoms with Crippen molar-refractivity contribution in [3.8, 4) is 0 Å². The molecule has 0 N–H and O–H groups in total. The third-order valence-electron chi connectivity index (χ3n) is 3.50. The second-order valence-corrected chi connectivity index (χ2v) is 4.42. The first-order valence-electron chi connectivity index (χ1n) is 5.37. The summed E-state index contributed by atoms with van der Waals surface area (Å²) in [7, 11) is 0. The molecule has 0 amide bonds. The summed E-state index contributed by atoms with van der Waals surface area (Å²) < 4.78 is 4.98. The van der Waals surface area contributed by atoms with E-state index in [-0.39, 0.29) is 12.0 Å². The van der Waals surface area contributed by atoms with Gasteiger partial charge in [-0.05, 0) is 25.2 Å². The van der Waals surface area contributed by atoms with Crippen LogP contribution in [0.2, 0.25) is 0 Å². The molecule has 0 aromatic heterocycles. The van der Waals surface area contributed by atoms with E-state index in [4.69, 9.17) is 16.3 Å². The van der Waals surface area contributed by atoms with Crippen molar-refractivity contribution in [2.75, 3.05) is 6.07 Å². The number of allylic oxidation sites excluding steroid dienone is 3. The zero-order valence-electron chi connectivity index (χ0n) is 8.62. The van der Waals surface area contributed by atoms with E-state index in [1.54, 1.807) is 0 Å². The zero-order valence-corrected chi connectivity index (χ0v) is 9.37. The molecular formula is C12H15ClO2. The van der Waals surface area contributed by atoms with E-state index < -0.39 is 5.41 Å². The van der Waals surface area contributed by atoms with Gasteiger partial charge in [0.2, 0.25) is 0 Å². The van der Waals surface area contributed by atoms with Gasteiger partial charge in [-0.1, -0.05) is 42.3 Å². The van der Waals surface area contributed by atoms with Crippen molar-refractivity contribution in [2.24, 2.45) is 11.3 Å². The van der Waals surface area contributed by atoms with Crippen molar-refractivity contribution >= 4 is 17.6 Å². The molecule has 0 heterocycles. The van der Waals surface area contributed by atoms with Gasteiger partial charge < -0.3 is 4.74 Å². The highest BCUT2D eigenvalue weighted by Crippen LogP contribution is 2.47. The van der Waals surface area contributed by atoms with Crippen molar-refractivity contribution < 1.29 is 9.53 Å². The SMILES string of the molecule is O=C(OCCl)C1(C2CCC2)C=CC=CC1. The molecule has 82 valence electrons. The molecule has 1 saturated carbocycles. The third kappa shape index (κ3) is 1.83. The summed E-state index contributed by atoms with van der Waals surface area (Å²) in [5.41, 5.74) is -0.429. The Morgan fingerprint density at radius 3 is 2.73 bits per heavy atom. The Bertz CT molecular complexity index is 305. The molecular weight excluding hydrogens is 212 g/mol. The molecule has 0 aliphatic heterocycles. The molecule has 0 radical (unpaired) electrons. The van der Waals surface area contributed by atoms with Crippen molar-refractivity contribution in [3.63, 3.8) is 0 Å². The van der Waals surface area contributed by atoms with Crippen LogP contribution >= 0.6 is 11.6 Å². The lowest BCUT2D eigenvalue weighted by Gasteiger charge is -2.41. The highest BCUT2D eigenvalue weighted by molar-refractivity contribution is 6.17. The Labute approximate surface area is 94.9 Å². The number of alkyl halides is 1. The Hall–Kier alpha value is -0.760. The number of halogens is 1. The highest BCUT2D eigenvalue weighted by atomic mass is 35.5. The van der Waals surface area contributed by atoms with Crippen LogP contribution in [0.3, 0.4) is 0 Å². The van der Waals surface area contributed by atoms with E-state index in [1.807, 2.05) is 24.3 Å². The van der Waals surface area contributed by atoms with Gasteiger partial charge in [-0.15, -0.1) is 0 Å². The summed E-state index contributed by atoms with van der Waals surface area (Å²) in [4.78, 5) is 12.0. The van der Waals surface area contributed by atoms with Crippen molar-refractivity contribution in [1.29, 1.82) is 0 Å². The largest absolute Gasteiger partial charge is 0.449 e. The van der Waals surface area contributed by atoms with Crippen LogP contribution in [0.4, 0.5) is 0 Å². The number of carbonyl (C=O) groups excluding carboxylic acids is 1. The molecule has 2 aliphatic rings. The number of carbonyl (C=O) groups is 1. The van der Waals surface area contributed by atoms with Gasteiger partial charge in [0, 0.05) is 0 Å². The van der Waals surface area contributed by atoms with E-state index in [1.165, 1.54) is 6.42 Å². The summed E-state index contributed by atoms with van der Waals surface area (Å²) in [5.74, 6) is 0.275. The molecule has 2 nitrogen and oxygen atoms in total. The topological polar surface area (TPSA) is 26.3 Å². The van der Waals surface area contributed by atoms with Gasteiger partial charge in [0.25, 0.3) is 0 Å². The lowest BCUT2D eigenvalue weighted by atomic mass is 9.62. The first kappa shape index (κ1) is 10.7. The van der Waals surface area contributed by atoms with E-state index in [0.29, 0.717) is 5.92 Å². The fourth-order valence-electron chi connectivity index (χ4n) is 2.37. The molecule has 0 spiro atoms. The van der Waals surface area contributed by atoms with Crippen LogP contribution < -0.4 is 0 Å². The molecule has 1 unspecified atom stereocenters. The maximum atomic E-state index is 12.0. The molecule has 1 fully saturated rings. The van der Waals surface area contributed by atoms with Gasteiger partial charge in [0.15, 0.2) is 6.07 Å². The van der Waals surface area contributed by atoms with Gasteiger partial charge in [0.05, 0.1) is 5.41 Å². The van der Waals surface area contributed by atoms with E-state index in [9.17, 15) is 4.79 Å². The average molecular weight is 227 g/mol. The summed E-state index contributed by atoms with van der Waals surface area (Å²) in [5, 5.41) is 0. The summed E-state index contributed by atoms with van der Waals surface area (Å²) in [6.07, 6.45) is 12.2. The summed E-state index contributed by atoms with van der Waals surface area (Å²) in [6.45, 7) is 0. The van der Waals surface area contributed by atoms with E-state index in [0.717, 1.165) is 19.3 Å². The molecule has 0 saturated heterocycles. The second kappa shape index (κ2) is 4.40. The van der Waals surface area contributed by atoms with Crippen LogP contribution in [0.25, 0.3) is 0 Å². The smallest absolute Gasteiger partial charge is 0.317 e. The first-order valence-corrected chi connectivity index (χ1v) is 5.90. The Kier molecular flexibility index (Phi) is 3.15. The minimum Gasteiger partial charge on any atom is -0.449 e. The number of rotatable bonds is 3. The number of esters is 1. The van der Waals surface area contributed by atoms with Crippen molar-refractivity contribution in [2.45, 2.75) is 25.7 Å². The molecule has 2 rings (SSSR count). The van der Waals surface area contributed by atoms with Crippen LogP contribution in [0.1, 0.15) is 25.7 Å². The predicted molar refractivity (Wildman–Crippen MR) is 59.5 cm³/mol. The van der Waals surface area contributed by atoms with E-state index in [2.05, 4.69) is 0 Å². The third-order valence-corrected chi connectivity index (χ3v) is 3.60. The minimum atomic E-state index is -0.429. The van der Waals surface area contributed by atoms with Crippen LogP contribution in [0, 0.1) is 11.3 Å². The number of ether oxygens (including phenoxy) is 1. The van der Waals surface area contributed by atoms with Gasteiger partial charge in [-0.25, -0.2) is 0 Å². The van der Waals surface area contributed by atoms with Gasteiger partial charge in [0.1, 0.15) is 0 Å². The lowest BCUT2D eigenvalue weighted by molar-refractivity contribution is -0.155. The van der Waals surface area contributed by atoms with Crippen molar-refractivity contribution in [3.05, 3.63) is 24.3 Å². The summed E-state index contributed by atoms with van der Waals surface area (Å²) in [6, 6.07) is -0.0507. The van der Waals surface area contributed by atoms with Crippen LogP contribution in [0.5, 0.6) is 0 Å². The maximum absolute atomic E-state index is 12.0. The maximum Gasteiger partial charge on any atom is 0.317 e. The van der Waals surface area contributed by atoms with Crippen LogP contribution in [0.15, 0.2) is 24.3 Å². The standard InChI is InChI=1S/C12H15ClO2/c13-9-15-11(14)12(10-5-4-6-10)7-2-1-3-8-12/h1-3,7,10H,4-6,8-9H2. The molecule has 0 bridgehead atoms. The quantitative estimate of drug-likeness (QED) is 0.546. The normalized spacial score (nSPS) is 29.9. The van der Waals surface area contributed by atoms with Crippen LogP contribution in [-0.4, -0.2) is 12.0 Å². The summed E-state index contributed by atoms with van der Waals surface area (Å²) >= 11 is 5.46. The molecule has 2 aliphatic carbocycles. The van der Waals surface area contributed by atoms with E-state index >= 15 is 0 Å². The molecule has 3 heteroatoms. The lowest BCUT2D eigenvalue weighted by Crippen LogP contribution is -2.42. The molecule has 0 aromatic rings. The Balaban J connectivity index is 2.18. The Morgan fingerprint density at radius 2 is 2.27 bits per heavy atom. The van der Waals surface area contributed by atoms with Crippen molar-refractivity contribution in [1.82, 2.24) is 0 Å².